The van der Waals surface area contributed by atoms with E-state index in [1.165, 1.54) is 24.3 Å². The number of methoxy groups -OCH3 is 1. The lowest BCUT2D eigenvalue weighted by Crippen LogP contribution is -2.50. The molecule has 8 heteroatoms. The fourth-order valence-electron chi connectivity index (χ4n) is 2.63. The molecule has 1 aliphatic heterocycles. The lowest BCUT2D eigenvalue weighted by Gasteiger charge is -2.34. The molecule has 1 aromatic carbocycles. The van der Waals surface area contributed by atoms with Crippen molar-refractivity contribution in [3.05, 3.63) is 53.6 Å². The number of Topliss-reactive ketones (excluding diaryl/α,β-unsaturated/α-hetero) is 1. The molecule has 2 aromatic rings. The molecule has 0 atom stereocenters. The molecule has 0 spiro atoms. The van der Waals surface area contributed by atoms with Gasteiger partial charge < -0.3 is 9.47 Å². The van der Waals surface area contributed by atoms with E-state index in [0.717, 1.165) is 11.3 Å². The number of aromatic nitrogens is 2. The monoisotopic (exact) mass is 368 g/mol. The first kappa shape index (κ1) is 18.5. The summed E-state index contributed by atoms with van der Waals surface area (Å²) in [5.74, 6) is 0.254. The molecule has 0 unspecified atom stereocenters. The highest BCUT2D eigenvalue weighted by Gasteiger charge is 2.41. The summed E-state index contributed by atoms with van der Waals surface area (Å²) in [6.45, 7) is 4.93. The summed E-state index contributed by atoms with van der Waals surface area (Å²) in [7, 11) is 1.59. The molecule has 0 fully saturated rings. The first-order chi connectivity index (χ1) is 12.8. The first-order valence-electron chi connectivity index (χ1n) is 8.36. The number of benzene rings is 1. The molecule has 0 saturated heterocycles. The highest BCUT2D eigenvalue weighted by Crippen LogP contribution is 2.25. The Morgan fingerprint density at radius 3 is 2.48 bits per heavy atom. The van der Waals surface area contributed by atoms with Crippen LogP contribution in [0, 0.1) is 0 Å². The third-order valence-corrected chi connectivity index (χ3v) is 4.04. The van der Waals surface area contributed by atoms with Crippen LogP contribution in [0.4, 0.5) is 0 Å². The molecule has 2 heterocycles. The van der Waals surface area contributed by atoms with Crippen molar-refractivity contribution < 1.29 is 19.1 Å². The zero-order valence-electron chi connectivity index (χ0n) is 15.6. The maximum absolute atomic E-state index is 12.7. The molecular formula is C19H20N4O4. The van der Waals surface area contributed by atoms with Gasteiger partial charge in [-0.1, -0.05) is 12.1 Å². The number of amides is 1. The average molecular weight is 368 g/mol. The van der Waals surface area contributed by atoms with Crippen molar-refractivity contribution in [3.63, 3.8) is 0 Å². The Labute approximate surface area is 156 Å². The summed E-state index contributed by atoms with van der Waals surface area (Å²) >= 11 is 0. The quantitative estimate of drug-likeness (QED) is 0.751. The average Bonchev–Trinajstić information content (AvgIpc) is 2.65. The van der Waals surface area contributed by atoms with Crippen molar-refractivity contribution in [3.8, 4) is 5.75 Å². The van der Waals surface area contributed by atoms with E-state index in [1.54, 1.807) is 21.0 Å². The molecule has 1 aliphatic rings. The zero-order chi connectivity index (χ0) is 19.6. The summed E-state index contributed by atoms with van der Waals surface area (Å²) in [6, 6.07) is 7.33. The zero-order valence-corrected chi connectivity index (χ0v) is 15.6. The van der Waals surface area contributed by atoms with Crippen molar-refractivity contribution in [2.45, 2.75) is 32.9 Å². The van der Waals surface area contributed by atoms with Gasteiger partial charge in [0.05, 0.1) is 13.7 Å². The minimum atomic E-state index is -1.16. The smallest absolute Gasteiger partial charge is 0.286 e. The summed E-state index contributed by atoms with van der Waals surface area (Å²) in [6.07, 6.45) is 2.87. The fraction of sp³-hybridized carbons (Fsp3) is 0.316. The van der Waals surface area contributed by atoms with E-state index in [4.69, 9.17) is 9.47 Å². The number of ketones is 1. The molecular weight excluding hydrogens is 348 g/mol. The second kappa shape index (κ2) is 7.14. The number of nitrogens with zero attached hydrogens (tertiary/aromatic N) is 4. The van der Waals surface area contributed by atoms with Crippen molar-refractivity contribution in [1.29, 1.82) is 0 Å². The third kappa shape index (κ3) is 3.79. The Bertz CT molecular complexity index is 906. The van der Waals surface area contributed by atoms with E-state index < -0.39 is 5.60 Å². The minimum Gasteiger partial charge on any atom is -0.497 e. The van der Waals surface area contributed by atoms with Crippen molar-refractivity contribution in [2.75, 3.05) is 7.11 Å². The van der Waals surface area contributed by atoms with E-state index >= 15 is 0 Å². The molecule has 0 bridgehead atoms. The summed E-state index contributed by atoms with van der Waals surface area (Å²) in [4.78, 5) is 32.8. The van der Waals surface area contributed by atoms with Crippen LogP contribution >= 0.6 is 0 Å². The van der Waals surface area contributed by atoms with E-state index in [2.05, 4.69) is 15.1 Å². The largest absolute Gasteiger partial charge is 0.497 e. The number of ether oxygens (including phenoxy) is 2. The minimum absolute atomic E-state index is 0.0893. The highest BCUT2D eigenvalue weighted by atomic mass is 16.5. The third-order valence-electron chi connectivity index (χ3n) is 4.04. The normalized spacial score (nSPS) is 15.8. The van der Waals surface area contributed by atoms with Gasteiger partial charge in [-0.2, -0.15) is 0 Å². The van der Waals surface area contributed by atoms with Crippen LogP contribution in [-0.2, 0) is 16.1 Å². The van der Waals surface area contributed by atoms with Gasteiger partial charge in [0, 0.05) is 19.3 Å². The molecule has 0 N–H and O–H groups in total. The second-order valence-corrected chi connectivity index (χ2v) is 6.54. The standard InChI is InChI=1S/C19H20N4O4/c1-12(24)15-16(21-10-9-20-15)17-22-23(18(25)19(2,3)27-17)11-13-5-7-14(26-4)8-6-13/h5-10H,11H2,1-4H3. The molecule has 27 heavy (non-hydrogen) atoms. The van der Waals surface area contributed by atoms with E-state index in [-0.39, 0.29) is 35.5 Å². The van der Waals surface area contributed by atoms with Gasteiger partial charge in [0.25, 0.3) is 11.8 Å². The SMILES string of the molecule is COc1ccc(CN2N=C(c3nccnc3C(C)=O)OC(C)(C)C2=O)cc1. The van der Waals surface area contributed by atoms with E-state index in [0.29, 0.717) is 0 Å². The lowest BCUT2D eigenvalue weighted by atomic mass is 10.1. The fourth-order valence-corrected chi connectivity index (χ4v) is 2.63. The van der Waals surface area contributed by atoms with Gasteiger partial charge in [0.2, 0.25) is 0 Å². The van der Waals surface area contributed by atoms with Crippen molar-refractivity contribution in [1.82, 2.24) is 15.0 Å². The maximum Gasteiger partial charge on any atom is 0.286 e. The first-order valence-corrected chi connectivity index (χ1v) is 8.36. The number of rotatable bonds is 5. The van der Waals surface area contributed by atoms with Gasteiger partial charge in [-0.25, -0.2) is 15.0 Å². The molecule has 1 amide bonds. The van der Waals surface area contributed by atoms with Gasteiger partial charge >= 0.3 is 0 Å². The van der Waals surface area contributed by atoms with E-state index in [1.807, 2.05) is 24.3 Å². The van der Waals surface area contributed by atoms with E-state index in [9.17, 15) is 9.59 Å². The Hall–Kier alpha value is -3.29. The lowest BCUT2D eigenvalue weighted by molar-refractivity contribution is -0.150. The van der Waals surface area contributed by atoms with Gasteiger partial charge in [0.15, 0.2) is 17.1 Å². The molecule has 0 aliphatic carbocycles. The molecule has 140 valence electrons. The Balaban J connectivity index is 1.98. The Kier molecular flexibility index (Phi) is 4.89. The maximum atomic E-state index is 12.7. The predicted molar refractivity (Wildman–Crippen MR) is 97.3 cm³/mol. The van der Waals surface area contributed by atoms with Crippen LogP contribution in [0.1, 0.15) is 42.5 Å². The highest BCUT2D eigenvalue weighted by molar-refractivity contribution is 6.06. The van der Waals surface area contributed by atoms with Gasteiger partial charge in [-0.05, 0) is 31.5 Å². The Morgan fingerprint density at radius 2 is 1.85 bits per heavy atom. The number of carbonyl (C=O) groups is 2. The van der Waals surface area contributed by atoms with Crippen LogP contribution in [-0.4, -0.2) is 45.3 Å². The van der Waals surface area contributed by atoms with Crippen LogP contribution in [0.5, 0.6) is 5.75 Å². The molecule has 8 nitrogen and oxygen atoms in total. The van der Waals surface area contributed by atoms with Gasteiger partial charge in [0.1, 0.15) is 11.4 Å². The van der Waals surface area contributed by atoms with Crippen LogP contribution < -0.4 is 4.74 Å². The summed E-state index contributed by atoms with van der Waals surface area (Å²) < 4.78 is 10.9. The molecule has 3 rings (SSSR count). The van der Waals surface area contributed by atoms with Crippen LogP contribution in [0.15, 0.2) is 41.8 Å². The number of hydrogen-bond acceptors (Lipinski definition) is 7. The van der Waals surface area contributed by atoms with Gasteiger partial charge in [-0.3, -0.25) is 9.59 Å². The summed E-state index contributed by atoms with van der Waals surface area (Å²) in [5, 5.41) is 5.62. The van der Waals surface area contributed by atoms with Crippen LogP contribution in [0.3, 0.4) is 0 Å². The second-order valence-electron chi connectivity index (χ2n) is 6.54. The van der Waals surface area contributed by atoms with Crippen molar-refractivity contribution in [2.24, 2.45) is 5.10 Å². The molecule has 0 radical (unpaired) electrons. The Morgan fingerprint density at radius 1 is 1.19 bits per heavy atom. The number of carbonyl (C=O) groups excluding carboxylic acids is 2. The number of hydrazone groups is 1. The summed E-state index contributed by atoms with van der Waals surface area (Å²) in [5.41, 5.74) is 0.0711. The predicted octanol–water partition coefficient (Wildman–Crippen LogP) is 2.19. The van der Waals surface area contributed by atoms with Gasteiger partial charge in [-0.15, -0.1) is 5.10 Å². The van der Waals surface area contributed by atoms with Crippen molar-refractivity contribution >= 4 is 17.6 Å². The molecule has 0 saturated carbocycles. The van der Waals surface area contributed by atoms with Crippen LogP contribution in [0.25, 0.3) is 0 Å². The van der Waals surface area contributed by atoms with Crippen LogP contribution in [0.2, 0.25) is 0 Å². The number of hydrogen-bond donors (Lipinski definition) is 0. The topological polar surface area (TPSA) is 94.0 Å². The molecule has 1 aromatic heterocycles.